The molecule has 2 fully saturated rings. The van der Waals surface area contributed by atoms with E-state index in [0.29, 0.717) is 5.92 Å². The van der Waals surface area contributed by atoms with Gasteiger partial charge in [-0.25, -0.2) is 9.50 Å². The Kier molecular flexibility index (Phi) is 5.37. The molecule has 5 nitrogen and oxygen atoms in total. The van der Waals surface area contributed by atoms with Crippen LogP contribution < -0.4 is 4.74 Å². The number of rotatable bonds is 7. The molecule has 0 bridgehead atoms. The molecule has 2 aromatic heterocycles. The summed E-state index contributed by atoms with van der Waals surface area (Å²) in [5.74, 6) is 1.45. The first-order valence-corrected chi connectivity index (χ1v) is 12.5. The van der Waals surface area contributed by atoms with Gasteiger partial charge in [0.05, 0.1) is 6.20 Å². The summed E-state index contributed by atoms with van der Waals surface area (Å²) in [6.45, 7) is 7.94. The van der Waals surface area contributed by atoms with Crippen LogP contribution >= 0.6 is 0 Å². The van der Waals surface area contributed by atoms with Crippen LogP contribution in [0.2, 0.25) is 0 Å². The van der Waals surface area contributed by atoms with E-state index in [1.54, 1.807) is 0 Å². The van der Waals surface area contributed by atoms with E-state index < -0.39 is 0 Å². The third-order valence-corrected chi connectivity index (χ3v) is 7.26. The van der Waals surface area contributed by atoms with Gasteiger partial charge >= 0.3 is 0 Å². The van der Waals surface area contributed by atoms with Crippen LogP contribution in [0, 0.1) is 0 Å². The number of hydrogen-bond donors (Lipinski definition) is 0. The molecule has 5 heteroatoms. The zero-order valence-electron chi connectivity index (χ0n) is 20.1. The van der Waals surface area contributed by atoms with Crippen molar-refractivity contribution in [1.29, 1.82) is 0 Å². The normalized spacial score (nSPS) is 17.5. The Hall–Kier alpha value is -3.18. The smallest absolute Gasteiger partial charge is 0.162 e. The fourth-order valence-corrected chi connectivity index (χ4v) is 5.04. The van der Waals surface area contributed by atoms with E-state index >= 15 is 0 Å². The molecule has 6 rings (SSSR count). The van der Waals surface area contributed by atoms with E-state index in [0.717, 1.165) is 53.0 Å². The number of hydrogen-bond acceptors (Lipinski definition) is 4. The summed E-state index contributed by atoms with van der Waals surface area (Å²) in [5.41, 5.74) is 6.61. The Bertz CT molecular complexity index is 1300. The molecule has 0 N–H and O–H groups in total. The number of fused-ring (bicyclic) bond motifs is 1. The lowest BCUT2D eigenvalue weighted by Crippen LogP contribution is -2.35. The Labute approximate surface area is 201 Å². The van der Waals surface area contributed by atoms with E-state index in [-0.39, 0.29) is 5.60 Å². The number of nitrogens with zero attached hydrogens (tertiary/aromatic N) is 4. The van der Waals surface area contributed by atoms with Crippen LogP contribution in [0.5, 0.6) is 5.75 Å². The van der Waals surface area contributed by atoms with Gasteiger partial charge in [-0.05, 0) is 73.5 Å². The Morgan fingerprint density at radius 3 is 2.47 bits per heavy atom. The molecule has 34 heavy (non-hydrogen) atoms. The largest absolute Gasteiger partial charge is 0.486 e. The first-order chi connectivity index (χ1) is 16.6. The van der Waals surface area contributed by atoms with Crippen LogP contribution in [0.1, 0.15) is 51.0 Å². The zero-order chi connectivity index (χ0) is 23.1. The van der Waals surface area contributed by atoms with Gasteiger partial charge in [0.15, 0.2) is 5.65 Å². The van der Waals surface area contributed by atoms with Gasteiger partial charge in [-0.3, -0.25) is 4.90 Å². The minimum atomic E-state index is 0.0324. The van der Waals surface area contributed by atoms with Gasteiger partial charge in [-0.15, -0.1) is 0 Å². The second kappa shape index (κ2) is 8.55. The molecule has 0 radical (unpaired) electrons. The topological polar surface area (TPSA) is 42.7 Å². The molecule has 174 valence electrons. The van der Waals surface area contributed by atoms with Crippen molar-refractivity contribution in [1.82, 2.24) is 19.5 Å². The van der Waals surface area contributed by atoms with Crippen molar-refractivity contribution in [2.24, 2.45) is 0 Å². The van der Waals surface area contributed by atoms with Crippen molar-refractivity contribution in [3.8, 4) is 28.0 Å². The van der Waals surface area contributed by atoms with Gasteiger partial charge < -0.3 is 4.74 Å². The Morgan fingerprint density at radius 1 is 0.941 bits per heavy atom. The van der Waals surface area contributed by atoms with E-state index in [4.69, 9.17) is 9.72 Å². The summed E-state index contributed by atoms with van der Waals surface area (Å²) >= 11 is 0. The summed E-state index contributed by atoms with van der Waals surface area (Å²) in [6, 6.07) is 17.1. The SMILES string of the molecule is CC(C)c1cccc(-c2cnn3cc(-c4ccc(OC5(CN6CCCC6)CC5)cc4)cnc23)c1. The molecular weight excluding hydrogens is 420 g/mol. The molecule has 2 aromatic carbocycles. The van der Waals surface area contributed by atoms with Gasteiger partial charge in [-0.2, -0.15) is 5.10 Å². The third kappa shape index (κ3) is 4.21. The summed E-state index contributed by atoms with van der Waals surface area (Å²) in [5, 5.41) is 4.60. The first-order valence-electron chi connectivity index (χ1n) is 12.5. The monoisotopic (exact) mass is 452 g/mol. The summed E-state index contributed by atoms with van der Waals surface area (Å²) < 4.78 is 8.32. The van der Waals surface area contributed by atoms with E-state index in [1.165, 1.54) is 31.5 Å². The molecular formula is C29H32N4O. The van der Waals surface area contributed by atoms with Gasteiger partial charge in [0, 0.05) is 30.1 Å². The number of benzene rings is 2. The molecule has 3 heterocycles. The van der Waals surface area contributed by atoms with Crippen LogP contribution in [-0.2, 0) is 0 Å². The summed E-state index contributed by atoms with van der Waals surface area (Å²) in [4.78, 5) is 7.34. The van der Waals surface area contributed by atoms with Gasteiger partial charge in [0.25, 0.3) is 0 Å². The van der Waals surface area contributed by atoms with E-state index in [2.05, 4.69) is 78.6 Å². The van der Waals surface area contributed by atoms with Crippen molar-refractivity contribution in [3.63, 3.8) is 0 Å². The molecule has 1 saturated heterocycles. The highest BCUT2D eigenvalue weighted by molar-refractivity contribution is 5.78. The molecule has 0 atom stereocenters. The molecule has 1 aliphatic heterocycles. The molecule has 1 aliphatic carbocycles. The minimum absolute atomic E-state index is 0.0324. The summed E-state index contributed by atoms with van der Waals surface area (Å²) in [7, 11) is 0. The molecule has 0 spiro atoms. The maximum atomic E-state index is 6.44. The Balaban J connectivity index is 1.20. The van der Waals surface area contributed by atoms with Crippen molar-refractivity contribution >= 4 is 5.65 Å². The third-order valence-electron chi connectivity index (χ3n) is 7.26. The van der Waals surface area contributed by atoms with Crippen LogP contribution in [-0.4, -0.2) is 44.7 Å². The second-order valence-corrected chi connectivity index (χ2v) is 10.2. The minimum Gasteiger partial charge on any atom is -0.486 e. The standard InChI is InChI=1S/C29H32N4O/c1-21(2)23-6-5-7-24(16-23)27-18-31-33-19-25(17-30-28(27)33)22-8-10-26(11-9-22)34-29(12-13-29)20-32-14-3-4-15-32/h5-11,16-19,21H,3-4,12-15,20H2,1-2H3. The molecule has 1 saturated carbocycles. The van der Waals surface area contributed by atoms with E-state index in [9.17, 15) is 0 Å². The number of aromatic nitrogens is 3. The fraction of sp³-hybridized carbons (Fsp3) is 0.379. The van der Waals surface area contributed by atoms with Crippen LogP contribution in [0.4, 0.5) is 0 Å². The fourth-order valence-electron chi connectivity index (χ4n) is 5.04. The maximum absolute atomic E-state index is 6.44. The number of ether oxygens (including phenoxy) is 1. The zero-order valence-corrected chi connectivity index (χ0v) is 20.1. The highest BCUT2D eigenvalue weighted by Crippen LogP contribution is 2.42. The van der Waals surface area contributed by atoms with Crippen LogP contribution in [0.25, 0.3) is 27.9 Å². The second-order valence-electron chi connectivity index (χ2n) is 10.2. The van der Waals surface area contributed by atoms with Crippen LogP contribution in [0.15, 0.2) is 67.1 Å². The van der Waals surface area contributed by atoms with Crippen molar-refractivity contribution < 1.29 is 4.74 Å². The maximum Gasteiger partial charge on any atom is 0.162 e. The summed E-state index contributed by atoms with van der Waals surface area (Å²) in [6.07, 6.45) is 10.9. The lowest BCUT2D eigenvalue weighted by molar-refractivity contribution is 0.126. The highest BCUT2D eigenvalue weighted by Gasteiger charge is 2.47. The average Bonchev–Trinajstić information content (AvgIpc) is 3.22. The van der Waals surface area contributed by atoms with E-state index in [1.807, 2.05) is 16.9 Å². The number of likely N-dealkylation sites (tertiary alicyclic amines) is 1. The molecule has 4 aromatic rings. The lowest BCUT2D eigenvalue weighted by atomic mass is 9.99. The quantitative estimate of drug-likeness (QED) is 0.335. The first kappa shape index (κ1) is 21.4. The molecule has 0 unspecified atom stereocenters. The Morgan fingerprint density at radius 2 is 1.74 bits per heavy atom. The molecule has 2 aliphatic rings. The van der Waals surface area contributed by atoms with Gasteiger partial charge in [0.1, 0.15) is 11.4 Å². The predicted octanol–water partition coefficient (Wildman–Crippen LogP) is 6.19. The highest BCUT2D eigenvalue weighted by atomic mass is 16.5. The molecule has 0 amide bonds. The van der Waals surface area contributed by atoms with Gasteiger partial charge in [-0.1, -0.05) is 50.2 Å². The lowest BCUT2D eigenvalue weighted by Gasteiger charge is -2.24. The van der Waals surface area contributed by atoms with Crippen LogP contribution in [0.3, 0.4) is 0 Å². The van der Waals surface area contributed by atoms with Gasteiger partial charge in [0.2, 0.25) is 0 Å². The predicted molar refractivity (Wildman–Crippen MR) is 136 cm³/mol. The average molecular weight is 453 g/mol. The van der Waals surface area contributed by atoms with Crippen molar-refractivity contribution in [3.05, 3.63) is 72.7 Å². The van der Waals surface area contributed by atoms with Crippen molar-refractivity contribution in [2.45, 2.75) is 51.0 Å². The van der Waals surface area contributed by atoms with Crippen molar-refractivity contribution in [2.75, 3.05) is 19.6 Å².